The van der Waals surface area contributed by atoms with Crippen LogP contribution in [0, 0.1) is 6.92 Å². The minimum absolute atomic E-state index is 0.537. The summed E-state index contributed by atoms with van der Waals surface area (Å²) < 4.78 is 7.52. The number of ether oxygens (including phenoxy) is 1. The van der Waals surface area contributed by atoms with Crippen molar-refractivity contribution in [1.82, 2.24) is 9.78 Å². The van der Waals surface area contributed by atoms with Crippen molar-refractivity contribution >= 4 is 0 Å². The Balaban J connectivity index is 1.85. The van der Waals surface area contributed by atoms with Crippen LogP contribution in [0.1, 0.15) is 11.1 Å². The normalized spacial score (nSPS) is 10.5. The summed E-state index contributed by atoms with van der Waals surface area (Å²) in [6.07, 6.45) is 3.84. The molecule has 0 aliphatic heterocycles. The van der Waals surface area contributed by atoms with E-state index in [0.717, 1.165) is 23.4 Å². The second-order valence-electron chi connectivity index (χ2n) is 3.98. The fraction of sp³-hybridized carbons (Fsp3) is 0.308. The third-order valence-corrected chi connectivity index (χ3v) is 2.49. The van der Waals surface area contributed by atoms with E-state index in [2.05, 4.69) is 5.10 Å². The zero-order chi connectivity index (χ0) is 12.1. The molecule has 0 atom stereocenters. The maximum atomic E-state index is 5.65. The van der Waals surface area contributed by atoms with E-state index in [1.165, 1.54) is 0 Å². The molecule has 17 heavy (non-hydrogen) atoms. The highest BCUT2D eigenvalue weighted by atomic mass is 16.5. The van der Waals surface area contributed by atoms with E-state index in [0.29, 0.717) is 13.2 Å². The van der Waals surface area contributed by atoms with Gasteiger partial charge in [0.2, 0.25) is 0 Å². The number of benzene rings is 1. The molecule has 0 saturated heterocycles. The molecule has 0 unspecified atom stereocenters. The second kappa shape index (κ2) is 5.50. The van der Waals surface area contributed by atoms with Crippen LogP contribution in [-0.4, -0.2) is 16.4 Å². The van der Waals surface area contributed by atoms with Crippen molar-refractivity contribution in [2.45, 2.75) is 20.0 Å². The van der Waals surface area contributed by atoms with Crippen LogP contribution in [0.15, 0.2) is 36.7 Å². The van der Waals surface area contributed by atoms with Crippen molar-refractivity contribution in [3.63, 3.8) is 0 Å². The van der Waals surface area contributed by atoms with Gasteiger partial charge in [-0.15, -0.1) is 0 Å². The van der Waals surface area contributed by atoms with Gasteiger partial charge in [0, 0.05) is 12.7 Å². The van der Waals surface area contributed by atoms with Crippen LogP contribution in [-0.2, 0) is 13.1 Å². The predicted octanol–water partition coefficient (Wildman–Crippen LogP) is 1.73. The van der Waals surface area contributed by atoms with E-state index >= 15 is 0 Å². The van der Waals surface area contributed by atoms with Gasteiger partial charge in [-0.2, -0.15) is 5.10 Å². The van der Waals surface area contributed by atoms with E-state index < -0.39 is 0 Å². The quantitative estimate of drug-likeness (QED) is 0.852. The minimum Gasteiger partial charge on any atom is -0.492 e. The van der Waals surface area contributed by atoms with E-state index in [-0.39, 0.29) is 0 Å². The molecule has 0 bridgehead atoms. The Morgan fingerprint density at radius 1 is 1.41 bits per heavy atom. The smallest absolute Gasteiger partial charge is 0.119 e. The van der Waals surface area contributed by atoms with E-state index in [1.54, 1.807) is 0 Å². The summed E-state index contributed by atoms with van der Waals surface area (Å²) in [5.41, 5.74) is 7.81. The van der Waals surface area contributed by atoms with Crippen LogP contribution in [0.2, 0.25) is 0 Å². The molecule has 0 aliphatic rings. The zero-order valence-electron chi connectivity index (χ0n) is 9.97. The van der Waals surface area contributed by atoms with E-state index in [4.69, 9.17) is 10.5 Å². The third kappa shape index (κ3) is 3.32. The first kappa shape index (κ1) is 11.7. The number of aromatic nitrogens is 2. The molecule has 1 heterocycles. The lowest BCUT2D eigenvalue weighted by molar-refractivity contribution is 0.291. The van der Waals surface area contributed by atoms with Crippen LogP contribution in [0.3, 0.4) is 0 Å². The van der Waals surface area contributed by atoms with Crippen molar-refractivity contribution in [3.8, 4) is 5.75 Å². The average Bonchev–Trinajstić information content (AvgIpc) is 2.75. The first-order valence-corrected chi connectivity index (χ1v) is 5.69. The first-order valence-electron chi connectivity index (χ1n) is 5.69. The van der Waals surface area contributed by atoms with Gasteiger partial charge in [0.1, 0.15) is 12.4 Å². The number of hydrogen-bond donors (Lipinski definition) is 1. The van der Waals surface area contributed by atoms with Gasteiger partial charge >= 0.3 is 0 Å². The average molecular weight is 231 g/mol. The Labute approximate surface area is 101 Å². The first-order chi connectivity index (χ1) is 8.28. The van der Waals surface area contributed by atoms with Crippen molar-refractivity contribution in [1.29, 1.82) is 0 Å². The number of nitrogens with zero attached hydrogens (tertiary/aromatic N) is 2. The van der Waals surface area contributed by atoms with Crippen LogP contribution in [0.4, 0.5) is 0 Å². The van der Waals surface area contributed by atoms with Gasteiger partial charge in [0.05, 0.1) is 12.7 Å². The molecule has 4 nitrogen and oxygen atoms in total. The van der Waals surface area contributed by atoms with Gasteiger partial charge < -0.3 is 10.5 Å². The number of aryl methyl sites for hydroxylation is 1. The summed E-state index contributed by atoms with van der Waals surface area (Å²) in [7, 11) is 0. The SMILES string of the molecule is Cc1cnn(CCOc2cccc(CN)c2)c1. The second-order valence-corrected chi connectivity index (χ2v) is 3.98. The Bertz CT molecular complexity index is 479. The highest BCUT2D eigenvalue weighted by molar-refractivity contribution is 5.28. The molecule has 0 spiro atoms. The molecule has 2 rings (SSSR count). The molecule has 0 saturated carbocycles. The molecule has 90 valence electrons. The molecular formula is C13H17N3O. The highest BCUT2D eigenvalue weighted by Gasteiger charge is 1.97. The van der Waals surface area contributed by atoms with Gasteiger partial charge in [-0.1, -0.05) is 12.1 Å². The zero-order valence-corrected chi connectivity index (χ0v) is 9.97. The fourth-order valence-corrected chi connectivity index (χ4v) is 1.61. The lowest BCUT2D eigenvalue weighted by Gasteiger charge is -2.07. The van der Waals surface area contributed by atoms with Crippen LogP contribution < -0.4 is 10.5 Å². The van der Waals surface area contributed by atoms with Gasteiger partial charge in [-0.05, 0) is 30.2 Å². The summed E-state index contributed by atoms with van der Waals surface area (Å²) >= 11 is 0. The largest absolute Gasteiger partial charge is 0.492 e. The number of rotatable bonds is 5. The molecule has 1 aromatic heterocycles. The number of hydrogen-bond acceptors (Lipinski definition) is 3. The summed E-state index contributed by atoms with van der Waals surface area (Å²) in [6, 6.07) is 7.85. The third-order valence-electron chi connectivity index (χ3n) is 2.49. The molecular weight excluding hydrogens is 214 g/mol. The van der Waals surface area contributed by atoms with E-state index in [9.17, 15) is 0 Å². The summed E-state index contributed by atoms with van der Waals surface area (Å²) in [4.78, 5) is 0. The highest BCUT2D eigenvalue weighted by Crippen LogP contribution is 2.12. The van der Waals surface area contributed by atoms with Gasteiger partial charge in [-0.3, -0.25) is 4.68 Å². The predicted molar refractivity (Wildman–Crippen MR) is 66.8 cm³/mol. The monoisotopic (exact) mass is 231 g/mol. The standard InChI is InChI=1S/C13H17N3O/c1-11-9-15-16(10-11)5-6-17-13-4-2-3-12(7-13)8-14/h2-4,7,9-10H,5-6,8,14H2,1H3. The van der Waals surface area contributed by atoms with Crippen molar-refractivity contribution in [2.75, 3.05) is 6.61 Å². The summed E-state index contributed by atoms with van der Waals surface area (Å²) in [6.45, 7) is 3.92. The van der Waals surface area contributed by atoms with Crippen LogP contribution in [0.25, 0.3) is 0 Å². The van der Waals surface area contributed by atoms with Crippen molar-refractivity contribution in [3.05, 3.63) is 47.8 Å². The Morgan fingerprint density at radius 2 is 2.29 bits per heavy atom. The van der Waals surface area contributed by atoms with Gasteiger partial charge in [0.25, 0.3) is 0 Å². The molecule has 0 radical (unpaired) electrons. The molecule has 0 amide bonds. The van der Waals surface area contributed by atoms with E-state index in [1.807, 2.05) is 48.3 Å². The van der Waals surface area contributed by atoms with Crippen LogP contribution >= 0.6 is 0 Å². The fourth-order valence-electron chi connectivity index (χ4n) is 1.61. The van der Waals surface area contributed by atoms with Crippen LogP contribution in [0.5, 0.6) is 5.75 Å². The summed E-state index contributed by atoms with van der Waals surface area (Å²) in [5, 5.41) is 4.20. The molecule has 0 aliphatic carbocycles. The topological polar surface area (TPSA) is 53.1 Å². The summed E-state index contributed by atoms with van der Waals surface area (Å²) in [5.74, 6) is 0.858. The lowest BCUT2D eigenvalue weighted by Crippen LogP contribution is -2.08. The molecule has 4 heteroatoms. The minimum atomic E-state index is 0.537. The Hall–Kier alpha value is -1.81. The van der Waals surface area contributed by atoms with Crippen molar-refractivity contribution in [2.24, 2.45) is 5.73 Å². The van der Waals surface area contributed by atoms with Crippen molar-refractivity contribution < 1.29 is 4.74 Å². The molecule has 0 fully saturated rings. The maximum Gasteiger partial charge on any atom is 0.119 e. The Morgan fingerprint density at radius 3 is 3.00 bits per heavy atom. The molecule has 2 aromatic rings. The van der Waals surface area contributed by atoms with Gasteiger partial charge in [-0.25, -0.2) is 0 Å². The van der Waals surface area contributed by atoms with Gasteiger partial charge in [0.15, 0.2) is 0 Å². The molecule has 1 aromatic carbocycles. The Kier molecular flexibility index (Phi) is 3.77. The lowest BCUT2D eigenvalue weighted by atomic mass is 10.2. The number of nitrogens with two attached hydrogens (primary N) is 1. The maximum absolute atomic E-state index is 5.65. The molecule has 2 N–H and O–H groups in total.